The van der Waals surface area contributed by atoms with Crippen molar-refractivity contribution in [1.82, 2.24) is 9.69 Å². The highest BCUT2D eigenvalue weighted by molar-refractivity contribution is 7.09. The number of rotatable bonds is 8. The molecule has 6 N–H and O–H groups in total. The smallest absolute Gasteiger partial charge is 0.273 e. The lowest BCUT2D eigenvalue weighted by Gasteiger charge is -2.32. The van der Waals surface area contributed by atoms with Crippen molar-refractivity contribution in [2.75, 3.05) is 23.8 Å². The summed E-state index contributed by atoms with van der Waals surface area (Å²) in [6.45, 7) is 4.70. The van der Waals surface area contributed by atoms with Gasteiger partial charge in [0.05, 0.1) is 11.8 Å². The molecule has 194 valence electrons. The third-order valence-electron chi connectivity index (χ3n) is 6.10. The van der Waals surface area contributed by atoms with Crippen molar-refractivity contribution < 1.29 is 24.2 Å². The summed E-state index contributed by atoms with van der Waals surface area (Å²) < 4.78 is 9.61. The highest BCUT2D eigenvalue weighted by Crippen LogP contribution is 2.34. The molecule has 37 heavy (non-hydrogen) atoms. The van der Waals surface area contributed by atoms with Crippen molar-refractivity contribution in [3.8, 4) is 5.75 Å². The van der Waals surface area contributed by atoms with E-state index in [1.165, 1.54) is 17.0 Å². The van der Waals surface area contributed by atoms with Crippen LogP contribution in [0.15, 0.2) is 42.5 Å². The number of ether oxygens (including phenoxy) is 1. The molecule has 2 atom stereocenters. The van der Waals surface area contributed by atoms with Gasteiger partial charge < -0.3 is 26.6 Å². The number of hydrogen-bond donors (Lipinski definition) is 4. The number of nitrogens with two attached hydrogens (primary N) is 2. The fraction of sp³-hybridized carbons (Fsp3) is 0.308. The number of primary amides is 1. The Morgan fingerprint density at radius 3 is 2.43 bits per heavy atom. The van der Waals surface area contributed by atoms with Gasteiger partial charge >= 0.3 is 0 Å². The van der Waals surface area contributed by atoms with Gasteiger partial charge in [-0.3, -0.25) is 19.3 Å². The van der Waals surface area contributed by atoms with Crippen molar-refractivity contribution >= 4 is 40.6 Å². The van der Waals surface area contributed by atoms with E-state index in [1.54, 1.807) is 24.3 Å². The number of benzene rings is 2. The molecule has 1 aliphatic rings. The van der Waals surface area contributed by atoms with E-state index >= 15 is 0 Å². The van der Waals surface area contributed by atoms with Crippen LogP contribution in [0.1, 0.15) is 55.7 Å². The minimum atomic E-state index is -1.13. The number of nitrogen functional groups attached to an aromatic ring is 1. The van der Waals surface area contributed by atoms with Crippen LogP contribution in [0, 0.1) is 13.8 Å². The fourth-order valence-corrected chi connectivity index (χ4v) is 5.14. The highest BCUT2D eigenvalue weighted by atomic mass is 32.1. The molecule has 1 fully saturated rings. The Hall–Kier alpha value is -3.96. The summed E-state index contributed by atoms with van der Waals surface area (Å²) >= 11 is 0.746. The zero-order chi connectivity index (χ0) is 26.7. The number of carbonyl (C=O) groups excluding carboxylic acids is 3. The van der Waals surface area contributed by atoms with Gasteiger partial charge in [0, 0.05) is 18.8 Å². The molecule has 3 amide bonds. The number of amides is 3. The average molecular weight is 524 g/mol. The van der Waals surface area contributed by atoms with Crippen LogP contribution in [-0.4, -0.2) is 46.5 Å². The molecule has 1 aromatic heterocycles. The number of anilines is 2. The molecule has 0 bridgehead atoms. The van der Waals surface area contributed by atoms with Crippen LogP contribution in [0.4, 0.5) is 11.4 Å². The third kappa shape index (κ3) is 5.73. The molecule has 0 aliphatic carbocycles. The second kappa shape index (κ2) is 11.0. The highest BCUT2D eigenvalue weighted by Gasteiger charge is 2.36. The van der Waals surface area contributed by atoms with Gasteiger partial charge in [-0.1, -0.05) is 18.2 Å². The van der Waals surface area contributed by atoms with Gasteiger partial charge in [0.2, 0.25) is 5.91 Å². The van der Waals surface area contributed by atoms with Gasteiger partial charge in [0.25, 0.3) is 11.8 Å². The second-order valence-corrected chi connectivity index (χ2v) is 9.81. The zero-order valence-electron chi connectivity index (χ0n) is 20.6. The minimum absolute atomic E-state index is 0.0105. The fourth-order valence-electron chi connectivity index (χ4n) is 4.40. The second-order valence-electron chi connectivity index (χ2n) is 9.03. The number of nitrogens with one attached hydrogen (secondary N) is 1. The Kier molecular flexibility index (Phi) is 7.74. The van der Waals surface area contributed by atoms with E-state index in [4.69, 9.17) is 16.2 Å². The van der Waals surface area contributed by atoms with Gasteiger partial charge in [-0.25, -0.2) is 0 Å². The van der Waals surface area contributed by atoms with E-state index in [2.05, 4.69) is 9.69 Å². The van der Waals surface area contributed by atoms with E-state index in [-0.39, 0.29) is 34.7 Å². The van der Waals surface area contributed by atoms with E-state index in [0.29, 0.717) is 17.9 Å². The van der Waals surface area contributed by atoms with Gasteiger partial charge in [-0.2, -0.15) is 4.37 Å². The molecule has 11 heteroatoms. The maximum Gasteiger partial charge on any atom is 0.273 e. The van der Waals surface area contributed by atoms with Gasteiger partial charge in [0.1, 0.15) is 16.7 Å². The van der Waals surface area contributed by atoms with Crippen molar-refractivity contribution in [3.63, 3.8) is 0 Å². The molecule has 1 aliphatic heterocycles. The summed E-state index contributed by atoms with van der Waals surface area (Å²) in [5.74, 6) is -1.88. The van der Waals surface area contributed by atoms with Crippen LogP contribution < -0.4 is 21.7 Å². The monoisotopic (exact) mass is 523 g/mol. The molecule has 10 nitrogen and oxygen atoms in total. The number of aryl methyl sites for hydroxylation is 2. The van der Waals surface area contributed by atoms with E-state index < -0.39 is 23.8 Å². The summed E-state index contributed by atoms with van der Waals surface area (Å²) in [6, 6.07) is 10.5. The molecule has 2 aromatic carbocycles. The molecule has 0 spiro atoms. The Labute approximate surface area is 218 Å². The summed E-state index contributed by atoms with van der Waals surface area (Å²) in [6.07, 6.45) is 1.64. The Morgan fingerprint density at radius 1 is 1.19 bits per heavy atom. The van der Waals surface area contributed by atoms with Gasteiger partial charge in [0.15, 0.2) is 5.69 Å². The predicted molar refractivity (Wildman–Crippen MR) is 141 cm³/mol. The van der Waals surface area contributed by atoms with E-state index in [9.17, 15) is 19.5 Å². The predicted octanol–water partition coefficient (Wildman–Crippen LogP) is 2.83. The largest absolute Gasteiger partial charge is 0.508 e. The van der Waals surface area contributed by atoms with Crippen LogP contribution in [0.5, 0.6) is 5.75 Å². The molecular formula is C26H29N5O5S. The quantitative estimate of drug-likeness (QED) is 0.353. The zero-order valence-corrected chi connectivity index (χ0v) is 21.4. The molecule has 0 radical (unpaired) electrons. The topological polar surface area (TPSA) is 161 Å². The van der Waals surface area contributed by atoms with Crippen molar-refractivity contribution in [2.45, 2.75) is 38.8 Å². The Bertz CT molecular complexity index is 1300. The first-order valence-electron chi connectivity index (χ1n) is 11.8. The lowest BCUT2D eigenvalue weighted by Crippen LogP contribution is -2.45. The lowest BCUT2D eigenvalue weighted by molar-refractivity contribution is -0.123. The van der Waals surface area contributed by atoms with Crippen molar-refractivity contribution in [1.29, 1.82) is 0 Å². The first-order valence-corrected chi connectivity index (χ1v) is 12.6. The third-order valence-corrected chi connectivity index (χ3v) is 6.95. The molecule has 0 unspecified atom stereocenters. The molecule has 1 saturated heterocycles. The van der Waals surface area contributed by atoms with E-state index in [1.807, 2.05) is 19.9 Å². The lowest BCUT2D eigenvalue weighted by atomic mass is 10.0. The molecule has 3 aromatic rings. The van der Waals surface area contributed by atoms with E-state index in [0.717, 1.165) is 35.5 Å². The molecule has 4 rings (SSSR count). The van der Waals surface area contributed by atoms with Crippen molar-refractivity contribution in [2.24, 2.45) is 5.73 Å². The van der Waals surface area contributed by atoms with Crippen LogP contribution >= 0.6 is 11.5 Å². The average Bonchev–Trinajstić information content (AvgIpc) is 3.50. The number of aromatic hydroxyl groups is 1. The Morgan fingerprint density at radius 2 is 1.86 bits per heavy atom. The first kappa shape index (κ1) is 26.1. The normalized spacial score (nSPS) is 15.8. The summed E-state index contributed by atoms with van der Waals surface area (Å²) in [7, 11) is 0. The van der Waals surface area contributed by atoms with Crippen LogP contribution in [-0.2, 0) is 9.53 Å². The number of hydrogen-bond acceptors (Lipinski definition) is 8. The van der Waals surface area contributed by atoms with Crippen molar-refractivity contribution in [3.05, 3.63) is 69.7 Å². The van der Waals surface area contributed by atoms with Gasteiger partial charge in [-0.15, -0.1) is 0 Å². The number of aromatic nitrogens is 1. The Balaban J connectivity index is 1.83. The van der Waals surface area contributed by atoms with Crippen LogP contribution in [0.3, 0.4) is 0 Å². The summed E-state index contributed by atoms with van der Waals surface area (Å²) in [5.41, 5.74) is 13.8. The number of phenolic OH excluding ortho intramolecular Hbond substituents is 1. The summed E-state index contributed by atoms with van der Waals surface area (Å²) in [4.78, 5) is 40.9. The number of nitrogens with zero attached hydrogens (tertiary/aromatic N) is 2. The standard InChI is InChI=1S/C26H29N5O5S/c1-14-10-15(2)12-17(11-14)31(26(35)23-20(27)21(24(28)33)30-37-23)22(16-5-7-18(32)8-6-16)25(34)29-13-19-4-3-9-36-19/h5-8,10-12,19,22,32H,3-4,9,13,27H2,1-2H3,(H2,28,33)(H,29,34)/t19-,22+/m0/s1. The molecule has 2 heterocycles. The SMILES string of the molecule is Cc1cc(C)cc(N(C(=O)c2snc(C(N)=O)c2N)[C@@H](C(=O)NC[C@@H]2CCCO2)c2ccc(O)cc2)c1. The minimum Gasteiger partial charge on any atom is -0.508 e. The van der Waals surface area contributed by atoms with Crippen LogP contribution in [0.25, 0.3) is 0 Å². The maximum absolute atomic E-state index is 14.1. The first-order chi connectivity index (χ1) is 17.7. The molecule has 0 saturated carbocycles. The number of phenols is 1. The molecular weight excluding hydrogens is 494 g/mol. The summed E-state index contributed by atoms with van der Waals surface area (Å²) in [5, 5.41) is 12.8. The van der Waals surface area contributed by atoms with Gasteiger partial charge in [-0.05, 0) is 79.2 Å². The number of carbonyl (C=O) groups is 3. The van der Waals surface area contributed by atoms with Crippen LogP contribution in [0.2, 0.25) is 0 Å². The maximum atomic E-state index is 14.1.